The number of aromatic nitrogens is 4. The molecule has 0 radical (unpaired) electrons. The Kier molecular flexibility index (Phi) is 7.25. The van der Waals surface area contributed by atoms with Crippen LogP contribution in [0.15, 0.2) is 175 Å². The molecule has 0 aliphatic heterocycles. The normalized spacial score (nSPS) is 11.5. The first kappa shape index (κ1) is 30.6. The van der Waals surface area contributed by atoms with Crippen molar-refractivity contribution in [1.29, 1.82) is 0 Å². The zero-order valence-corrected chi connectivity index (χ0v) is 28.7. The van der Waals surface area contributed by atoms with E-state index in [-0.39, 0.29) is 0 Å². The summed E-state index contributed by atoms with van der Waals surface area (Å²) in [4.78, 5) is 0. The van der Waals surface area contributed by atoms with Gasteiger partial charge in [-0.15, -0.1) is 10.2 Å². The van der Waals surface area contributed by atoms with Crippen molar-refractivity contribution in [3.63, 3.8) is 0 Å². The minimum atomic E-state index is 0.418. The SMILES string of the molecule is C=Cc1ccc(COc2cccc(-c3nnc(-c4cc(-n5c6ccccc6c6ccccc65)cc(-n5c6ccccc6c6ccccc65)c4)o3)c2)cc1. The van der Waals surface area contributed by atoms with Gasteiger partial charge in [0.25, 0.3) is 0 Å². The van der Waals surface area contributed by atoms with Gasteiger partial charge >= 0.3 is 0 Å². The smallest absolute Gasteiger partial charge is 0.248 e. The van der Waals surface area contributed by atoms with E-state index in [0.717, 1.165) is 61.4 Å². The van der Waals surface area contributed by atoms with Crippen LogP contribution in [0.1, 0.15) is 11.1 Å². The molecule has 0 unspecified atom stereocenters. The third-order valence-corrected chi connectivity index (χ3v) is 9.95. The molecule has 7 aromatic carbocycles. The second kappa shape index (κ2) is 12.5. The molecule has 252 valence electrons. The Morgan fingerprint density at radius 3 is 1.51 bits per heavy atom. The van der Waals surface area contributed by atoms with Crippen molar-refractivity contribution in [2.24, 2.45) is 0 Å². The number of hydrogen-bond acceptors (Lipinski definition) is 4. The van der Waals surface area contributed by atoms with E-state index in [1.807, 2.05) is 54.6 Å². The highest BCUT2D eigenvalue weighted by molar-refractivity contribution is 6.10. The molecule has 0 spiro atoms. The number of rotatable bonds is 8. The second-order valence-corrected chi connectivity index (χ2v) is 13.2. The van der Waals surface area contributed by atoms with Crippen LogP contribution < -0.4 is 4.74 Å². The van der Waals surface area contributed by atoms with Crippen LogP contribution in [0.3, 0.4) is 0 Å². The van der Waals surface area contributed by atoms with E-state index in [1.54, 1.807) is 0 Å². The van der Waals surface area contributed by atoms with Crippen molar-refractivity contribution in [1.82, 2.24) is 19.3 Å². The second-order valence-electron chi connectivity index (χ2n) is 13.2. The Labute approximate surface area is 305 Å². The lowest BCUT2D eigenvalue weighted by atomic mass is 10.1. The number of benzene rings is 7. The number of nitrogens with zero attached hydrogens (tertiary/aromatic N) is 4. The van der Waals surface area contributed by atoms with Crippen LogP contribution in [-0.2, 0) is 6.61 Å². The van der Waals surface area contributed by atoms with Crippen LogP contribution in [0.4, 0.5) is 0 Å². The summed E-state index contributed by atoms with van der Waals surface area (Å²) in [6.45, 7) is 4.28. The van der Waals surface area contributed by atoms with Crippen molar-refractivity contribution in [2.75, 3.05) is 0 Å². The topological polar surface area (TPSA) is 58.0 Å². The van der Waals surface area contributed by atoms with E-state index < -0.39 is 0 Å². The predicted octanol–water partition coefficient (Wildman–Crippen LogP) is 11.8. The predicted molar refractivity (Wildman–Crippen MR) is 215 cm³/mol. The van der Waals surface area contributed by atoms with E-state index in [0.29, 0.717) is 18.4 Å². The zero-order chi connectivity index (χ0) is 35.3. The van der Waals surface area contributed by atoms with Crippen LogP contribution >= 0.6 is 0 Å². The molecule has 0 amide bonds. The molecule has 0 saturated carbocycles. The van der Waals surface area contributed by atoms with Gasteiger partial charge in [-0.1, -0.05) is 116 Å². The summed E-state index contributed by atoms with van der Waals surface area (Å²) in [5.74, 6) is 1.57. The summed E-state index contributed by atoms with van der Waals surface area (Å²) in [6, 6.07) is 56.7. The van der Waals surface area contributed by atoms with E-state index >= 15 is 0 Å². The monoisotopic (exact) mass is 684 g/mol. The Hall–Kier alpha value is -7.18. The lowest BCUT2D eigenvalue weighted by Crippen LogP contribution is -2.00. The molecule has 53 heavy (non-hydrogen) atoms. The van der Waals surface area contributed by atoms with E-state index in [2.05, 4.69) is 141 Å². The van der Waals surface area contributed by atoms with Crippen molar-refractivity contribution >= 4 is 49.7 Å². The van der Waals surface area contributed by atoms with Gasteiger partial charge in [-0.25, -0.2) is 0 Å². The molecule has 6 heteroatoms. The molecule has 10 aromatic rings. The highest BCUT2D eigenvalue weighted by Gasteiger charge is 2.19. The van der Waals surface area contributed by atoms with Gasteiger partial charge in [0.1, 0.15) is 12.4 Å². The Morgan fingerprint density at radius 1 is 0.509 bits per heavy atom. The highest BCUT2D eigenvalue weighted by Crippen LogP contribution is 2.38. The maximum absolute atomic E-state index is 6.49. The van der Waals surface area contributed by atoms with Gasteiger partial charge in [-0.05, 0) is 71.8 Å². The number of ether oxygens (including phenoxy) is 1. The molecular formula is C47H32N4O2. The van der Waals surface area contributed by atoms with Gasteiger partial charge in [0, 0.05) is 44.0 Å². The van der Waals surface area contributed by atoms with E-state index in [9.17, 15) is 0 Å². The van der Waals surface area contributed by atoms with Crippen LogP contribution in [0, 0.1) is 0 Å². The van der Waals surface area contributed by atoms with Crippen molar-refractivity contribution in [2.45, 2.75) is 6.61 Å². The van der Waals surface area contributed by atoms with Crippen LogP contribution in [-0.4, -0.2) is 19.3 Å². The van der Waals surface area contributed by atoms with Crippen molar-refractivity contribution in [3.05, 3.63) is 181 Å². The quantitative estimate of drug-likeness (QED) is 0.160. The summed E-state index contributed by atoms with van der Waals surface area (Å²) in [7, 11) is 0. The van der Waals surface area contributed by atoms with Crippen LogP contribution in [0.2, 0.25) is 0 Å². The molecule has 0 bridgehead atoms. The maximum Gasteiger partial charge on any atom is 0.248 e. The van der Waals surface area contributed by atoms with Crippen LogP contribution in [0.5, 0.6) is 5.75 Å². The molecule has 10 rings (SSSR count). The molecular weight excluding hydrogens is 653 g/mol. The Morgan fingerprint density at radius 2 is 1.00 bits per heavy atom. The van der Waals surface area contributed by atoms with E-state index in [4.69, 9.17) is 9.15 Å². The standard InChI is InChI=1S/C47H32N4O2/c1-2-31-22-24-32(25-23-31)30-52-37-13-11-12-33(28-37)46-48-49-47(53-46)34-26-35(50-42-18-7-3-14-38(42)39-15-4-8-19-43(39)50)29-36(27-34)51-44-20-9-5-16-40(44)41-17-6-10-21-45(41)51/h2-29H,1,30H2. The first-order valence-electron chi connectivity index (χ1n) is 17.6. The lowest BCUT2D eigenvalue weighted by molar-refractivity contribution is 0.306. The molecule has 0 aliphatic carbocycles. The third-order valence-electron chi connectivity index (χ3n) is 9.95. The first-order valence-corrected chi connectivity index (χ1v) is 17.6. The van der Waals surface area contributed by atoms with Crippen molar-refractivity contribution in [3.8, 4) is 40.0 Å². The molecule has 0 saturated heterocycles. The van der Waals surface area contributed by atoms with Gasteiger partial charge in [-0.2, -0.15) is 0 Å². The molecule has 0 atom stereocenters. The fourth-order valence-corrected chi connectivity index (χ4v) is 7.47. The minimum absolute atomic E-state index is 0.418. The summed E-state index contributed by atoms with van der Waals surface area (Å²) < 4.78 is 17.3. The molecule has 0 aliphatic rings. The average molecular weight is 685 g/mol. The molecule has 0 N–H and O–H groups in total. The molecule has 3 heterocycles. The summed E-state index contributed by atoms with van der Waals surface area (Å²) in [5.41, 5.74) is 10.2. The molecule has 3 aromatic heterocycles. The Balaban J connectivity index is 1.11. The van der Waals surface area contributed by atoms with Crippen molar-refractivity contribution < 1.29 is 9.15 Å². The van der Waals surface area contributed by atoms with E-state index in [1.165, 1.54) is 21.5 Å². The zero-order valence-electron chi connectivity index (χ0n) is 28.7. The average Bonchev–Trinajstić information content (AvgIpc) is 3.94. The Bertz CT molecular complexity index is 2750. The largest absolute Gasteiger partial charge is 0.489 e. The first-order chi connectivity index (χ1) is 26.2. The third kappa shape index (κ3) is 5.27. The summed E-state index contributed by atoms with van der Waals surface area (Å²) in [6.07, 6.45) is 1.83. The molecule has 6 nitrogen and oxygen atoms in total. The van der Waals surface area contributed by atoms with Gasteiger partial charge in [-0.3, -0.25) is 0 Å². The highest BCUT2D eigenvalue weighted by atomic mass is 16.5. The number of para-hydroxylation sites is 4. The summed E-state index contributed by atoms with van der Waals surface area (Å²) in [5, 5.41) is 13.9. The van der Waals surface area contributed by atoms with Gasteiger partial charge in [0.15, 0.2) is 0 Å². The van der Waals surface area contributed by atoms with Gasteiger partial charge in [0.2, 0.25) is 11.8 Å². The fourth-order valence-electron chi connectivity index (χ4n) is 7.47. The number of fused-ring (bicyclic) bond motifs is 6. The van der Waals surface area contributed by atoms with Crippen LogP contribution in [0.25, 0.3) is 84.0 Å². The fraction of sp³-hybridized carbons (Fsp3) is 0.0213. The molecule has 0 fully saturated rings. The lowest BCUT2D eigenvalue weighted by Gasteiger charge is -2.14. The minimum Gasteiger partial charge on any atom is -0.489 e. The van der Waals surface area contributed by atoms with Gasteiger partial charge in [0.05, 0.1) is 22.1 Å². The summed E-state index contributed by atoms with van der Waals surface area (Å²) >= 11 is 0. The van der Waals surface area contributed by atoms with Gasteiger partial charge < -0.3 is 18.3 Å². The number of hydrogen-bond donors (Lipinski definition) is 0. The maximum atomic E-state index is 6.49.